The van der Waals surface area contributed by atoms with Crippen molar-refractivity contribution in [2.45, 2.75) is 0 Å². The maximum atomic E-state index is 4.64. The Labute approximate surface area is 189 Å². The van der Waals surface area contributed by atoms with Gasteiger partial charge in [-0.15, -0.1) is 0 Å². The van der Waals surface area contributed by atoms with E-state index in [0.717, 1.165) is 22.3 Å². The normalized spacial score (nSPS) is 11.3. The summed E-state index contributed by atoms with van der Waals surface area (Å²) >= 11 is 0. The molecule has 0 saturated heterocycles. The second kappa shape index (κ2) is 9.55. The first-order valence-electron chi connectivity index (χ1n) is 10.5. The number of benzene rings is 4. The summed E-state index contributed by atoms with van der Waals surface area (Å²) in [5.74, 6) is 0.728. The molecule has 4 aromatic carbocycles. The van der Waals surface area contributed by atoms with Gasteiger partial charge in [-0.2, -0.15) is 5.10 Å². The van der Waals surface area contributed by atoms with Gasteiger partial charge in [0.2, 0.25) is 0 Å². The molecule has 5 rings (SSSR count). The fourth-order valence-corrected chi connectivity index (χ4v) is 6.10. The van der Waals surface area contributed by atoms with Crippen LogP contribution in [0.3, 0.4) is 0 Å². The van der Waals surface area contributed by atoms with Gasteiger partial charge >= 0.3 is 0 Å². The van der Waals surface area contributed by atoms with Crippen LogP contribution in [0.4, 0.5) is 5.82 Å². The molecule has 0 amide bonds. The van der Waals surface area contributed by atoms with Gasteiger partial charge in [0, 0.05) is 10.9 Å². The third-order valence-corrected chi connectivity index (χ3v) is 7.71. The lowest BCUT2D eigenvalue weighted by molar-refractivity contribution is 1.26. The van der Waals surface area contributed by atoms with E-state index in [1.54, 1.807) is 0 Å². The number of hydrogen-bond donors (Lipinski definition) is 1. The van der Waals surface area contributed by atoms with Gasteiger partial charge in [-0.3, -0.25) is 5.43 Å². The minimum absolute atomic E-state index is 0.696. The van der Waals surface area contributed by atoms with Gasteiger partial charge in [0.1, 0.15) is 5.82 Å². The molecule has 0 atom stereocenters. The van der Waals surface area contributed by atoms with E-state index < -0.39 is 7.92 Å². The van der Waals surface area contributed by atoms with Crippen molar-refractivity contribution < 1.29 is 0 Å². The highest BCUT2D eigenvalue weighted by atomic mass is 31.1. The van der Waals surface area contributed by atoms with Gasteiger partial charge in [-0.25, -0.2) is 4.98 Å². The number of nitrogens with one attached hydrogen (secondary N) is 1. The Morgan fingerprint density at radius 3 is 2.00 bits per heavy atom. The van der Waals surface area contributed by atoms with Crippen LogP contribution in [0, 0.1) is 0 Å². The molecule has 0 bridgehead atoms. The maximum absolute atomic E-state index is 4.64. The summed E-state index contributed by atoms with van der Waals surface area (Å²) in [6.07, 6.45) is 1.90. The molecule has 0 unspecified atom stereocenters. The lowest BCUT2D eigenvalue weighted by atomic mass is 10.2. The average Bonchev–Trinajstić information content (AvgIpc) is 2.86. The van der Waals surface area contributed by atoms with Crippen molar-refractivity contribution in [1.29, 1.82) is 0 Å². The van der Waals surface area contributed by atoms with Crippen LogP contribution in [-0.2, 0) is 0 Å². The minimum atomic E-state index is -0.696. The molecule has 1 aromatic heterocycles. The highest BCUT2D eigenvalue weighted by Crippen LogP contribution is 2.33. The second-order valence-electron chi connectivity index (χ2n) is 7.32. The van der Waals surface area contributed by atoms with E-state index in [0.29, 0.717) is 0 Å². The average molecular weight is 431 g/mol. The molecule has 1 N–H and O–H groups in total. The van der Waals surface area contributed by atoms with E-state index in [4.69, 9.17) is 0 Å². The number of hydrogen-bond acceptors (Lipinski definition) is 3. The van der Waals surface area contributed by atoms with Crippen molar-refractivity contribution in [1.82, 2.24) is 4.98 Å². The standard InChI is InChI=1S/C28H22N3P/c1-3-13-24(14-4-1)32(25-15-5-2-6-16-25)27-18-10-8-12-23(27)21-29-31-28-20-19-22-11-7-9-17-26(22)30-28/h1-21H,(H,30,31). The van der Waals surface area contributed by atoms with Crippen LogP contribution >= 0.6 is 7.92 Å². The van der Waals surface area contributed by atoms with Gasteiger partial charge in [0.25, 0.3) is 0 Å². The van der Waals surface area contributed by atoms with Gasteiger partial charge in [0.15, 0.2) is 0 Å². The van der Waals surface area contributed by atoms with Crippen LogP contribution in [0.15, 0.2) is 126 Å². The molecule has 32 heavy (non-hydrogen) atoms. The maximum Gasteiger partial charge on any atom is 0.146 e. The second-order valence-corrected chi connectivity index (χ2v) is 9.51. The van der Waals surface area contributed by atoms with Crippen LogP contribution in [0.25, 0.3) is 10.9 Å². The minimum Gasteiger partial charge on any atom is -0.261 e. The molecule has 0 aliphatic carbocycles. The number of aromatic nitrogens is 1. The first-order chi connectivity index (χ1) is 15.9. The molecule has 3 nitrogen and oxygen atoms in total. The Morgan fingerprint density at radius 2 is 1.25 bits per heavy atom. The quantitative estimate of drug-likeness (QED) is 0.221. The van der Waals surface area contributed by atoms with Crippen molar-refractivity contribution in [3.63, 3.8) is 0 Å². The van der Waals surface area contributed by atoms with Gasteiger partial charge in [0.05, 0.1) is 11.7 Å². The van der Waals surface area contributed by atoms with Crippen molar-refractivity contribution in [3.05, 3.63) is 127 Å². The van der Waals surface area contributed by atoms with Gasteiger partial charge in [-0.1, -0.05) is 103 Å². The summed E-state index contributed by atoms with van der Waals surface area (Å²) in [4.78, 5) is 4.64. The third-order valence-electron chi connectivity index (χ3n) is 5.19. The van der Waals surface area contributed by atoms with Crippen molar-refractivity contribution >= 4 is 46.8 Å². The SMILES string of the molecule is C(=NNc1ccc2ccccc2n1)c1ccccc1P(c1ccccc1)c1ccccc1. The van der Waals surface area contributed by atoms with Crippen LogP contribution < -0.4 is 21.3 Å². The van der Waals surface area contributed by atoms with E-state index in [-0.39, 0.29) is 0 Å². The fourth-order valence-electron chi connectivity index (χ4n) is 3.68. The van der Waals surface area contributed by atoms with E-state index in [2.05, 4.69) is 113 Å². The largest absolute Gasteiger partial charge is 0.261 e. The molecule has 0 aliphatic rings. The zero-order chi connectivity index (χ0) is 21.6. The summed E-state index contributed by atoms with van der Waals surface area (Å²) in [6.45, 7) is 0. The van der Waals surface area contributed by atoms with E-state index >= 15 is 0 Å². The Bertz CT molecular complexity index is 1310. The Morgan fingerprint density at radius 1 is 0.625 bits per heavy atom. The summed E-state index contributed by atoms with van der Waals surface area (Å²) in [5, 5.41) is 9.55. The summed E-state index contributed by atoms with van der Waals surface area (Å²) in [6, 6.07) is 42.0. The first-order valence-corrected chi connectivity index (χ1v) is 11.9. The number of hydrazone groups is 1. The molecule has 0 spiro atoms. The molecular formula is C28H22N3P. The fraction of sp³-hybridized carbons (Fsp3) is 0. The summed E-state index contributed by atoms with van der Waals surface area (Å²) < 4.78 is 0. The summed E-state index contributed by atoms with van der Waals surface area (Å²) in [7, 11) is -0.696. The number of pyridine rings is 1. The topological polar surface area (TPSA) is 37.3 Å². The van der Waals surface area contributed by atoms with Gasteiger partial charge < -0.3 is 0 Å². The zero-order valence-electron chi connectivity index (χ0n) is 17.5. The predicted octanol–water partition coefficient (Wildman–Crippen LogP) is 5.44. The van der Waals surface area contributed by atoms with Crippen LogP contribution in [0.2, 0.25) is 0 Å². The first kappa shape index (κ1) is 20.1. The van der Waals surface area contributed by atoms with Crippen molar-refractivity contribution in [3.8, 4) is 0 Å². The third kappa shape index (κ3) is 4.44. The van der Waals surface area contributed by atoms with Gasteiger partial charge in [-0.05, 0) is 42.0 Å². The number of anilines is 1. The molecule has 0 fully saturated rings. The van der Waals surface area contributed by atoms with Crippen molar-refractivity contribution in [2.75, 3.05) is 5.43 Å². The predicted molar refractivity (Wildman–Crippen MR) is 138 cm³/mol. The highest BCUT2D eigenvalue weighted by Gasteiger charge is 2.18. The molecule has 154 valence electrons. The van der Waals surface area contributed by atoms with E-state index in [9.17, 15) is 0 Å². The monoisotopic (exact) mass is 431 g/mol. The molecule has 1 heterocycles. The zero-order valence-corrected chi connectivity index (χ0v) is 18.4. The molecule has 4 heteroatoms. The number of para-hydroxylation sites is 1. The molecular weight excluding hydrogens is 409 g/mol. The van der Waals surface area contributed by atoms with Crippen LogP contribution in [-0.4, -0.2) is 11.2 Å². The van der Waals surface area contributed by atoms with E-state index in [1.807, 2.05) is 30.5 Å². The Balaban J connectivity index is 1.48. The van der Waals surface area contributed by atoms with E-state index in [1.165, 1.54) is 15.9 Å². The molecule has 0 saturated carbocycles. The Kier molecular flexibility index (Phi) is 6.00. The number of fused-ring (bicyclic) bond motifs is 1. The van der Waals surface area contributed by atoms with Crippen LogP contribution in [0.5, 0.6) is 0 Å². The number of nitrogens with zero attached hydrogens (tertiary/aromatic N) is 2. The summed E-state index contributed by atoms with van der Waals surface area (Å²) in [5.41, 5.74) is 5.14. The molecule has 5 aromatic rings. The molecule has 0 aliphatic heterocycles. The number of rotatable bonds is 6. The highest BCUT2D eigenvalue weighted by molar-refractivity contribution is 7.80. The lowest BCUT2D eigenvalue weighted by Crippen LogP contribution is -2.23. The molecule has 0 radical (unpaired) electrons. The smallest absolute Gasteiger partial charge is 0.146 e. The Hall–Kier alpha value is -3.81. The lowest BCUT2D eigenvalue weighted by Gasteiger charge is -2.21. The van der Waals surface area contributed by atoms with Crippen LogP contribution in [0.1, 0.15) is 5.56 Å². The van der Waals surface area contributed by atoms with Crippen molar-refractivity contribution in [2.24, 2.45) is 5.10 Å².